The van der Waals surface area contributed by atoms with Crippen molar-refractivity contribution in [1.29, 1.82) is 0 Å². The summed E-state index contributed by atoms with van der Waals surface area (Å²) in [5, 5.41) is -0.0683. The topological polar surface area (TPSA) is 37.4 Å². The minimum absolute atomic E-state index is 0.0683. The van der Waals surface area contributed by atoms with Crippen LogP contribution < -0.4 is 4.31 Å². The molecule has 0 spiro atoms. The third-order valence-electron chi connectivity index (χ3n) is 3.36. The maximum Gasteiger partial charge on any atom is 0.265 e. The summed E-state index contributed by atoms with van der Waals surface area (Å²) in [4.78, 5) is -0.318. The Morgan fingerprint density at radius 1 is 1.05 bits per heavy atom. The van der Waals surface area contributed by atoms with Gasteiger partial charge in [-0.1, -0.05) is 17.7 Å². The molecule has 2 aromatic carbocycles. The normalized spacial score (nSPS) is 14.3. The van der Waals surface area contributed by atoms with Gasteiger partial charge in [0.2, 0.25) is 0 Å². The van der Waals surface area contributed by atoms with Gasteiger partial charge in [0.05, 0.1) is 10.7 Å². The molecule has 0 N–H and O–H groups in total. The molecule has 0 unspecified atom stereocenters. The van der Waals surface area contributed by atoms with Crippen molar-refractivity contribution in [1.82, 2.24) is 0 Å². The fourth-order valence-electron chi connectivity index (χ4n) is 2.37. The molecule has 21 heavy (non-hydrogen) atoms. The standard InChI is InChI=1S/C14H10ClF2NO2S/c15-12-4-3-11(17)8-14(12)21(19,20)18-6-5-9-1-2-10(16)7-13(9)18/h1-4,7-8H,5-6H2. The van der Waals surface area contributed by atoms with E-state index in [1.807, 2.05) is 0 Å². The zero-order chi connectivity index (χ0) is 15.2. The van der Waals surface area contributed by atoms with Crippen molar-refractivity contribution in [2.75, 3.05) is 10.8 Å². The molecule has 0 aliphatic carbocycles. The van der Waals surface area contributed by atoms with Gasteiger partial charge in [-0.25, -0.2) is 17.2 Å². The summed E-state index contributed by atoms with van der Waals surface area (Å²) in [7, 11) is -4.03. The van der Waals surface area contributed by atoms with Gasteiger partial charge in [0.1, 0.15) is 16.5 Å². The van der Waals surface area contributed by atoms with Crippen molar-refractivity contribution < 1.29 is 17.2 Å². The zero-order valence-electron chi connectivity index (χ0n) is 10.7. The Hall–Kier alpha value is -1.66. The van der Waals surface area contributed by atoms with E-state index in [9.17, 15) is 17.2 Å². The lowest BCUT2D eigenvalue weighted by atomic mass is 10.2. The number of rotatable bonds is 2. The first-order chi connectivity index (χ1) is 9.89. The maximum atomic E-state index is 13.4. The molecule has 7 heteroatoms. The molecule has 1 aliphatic heterocycles. The van der Waals surface area contributed by atoms with Gasteiger partial charge >= 0.3 is 0 Å². The number of anilines is 1. The van der Waals surface area contributed by atoms with Crippen LogP contribution in [0.5, 0.6) is 0 Å². The average Bonchev–Trinajstić information content (AvgIpc) is 2.85. The third-order valence-corrected chi connectivity index (χ3v) is 5.66. The lowest BCUT2D eigenvalue weighted by molar-refractivity contribution is 0.587. The quantitative estimate of drug-likeness (QED) is 0.847. The van der Waals surface area contributed by atoms with Crippen molar-refractivity contribution in [2.24, 2.45) is 0 Å². The molecule has 3 nitrogen and oxygen atoms in total. The molecule has 0 atom stereocenters. The Kier molecular flexibility index (Phi) is 3.37. The van der Waals surface area contributed by atoms with Gasteiger partial charge in [0.25, 0.3) is 10.0 Å². The summed E-state index contributed by atoms with van der Waals surface area (Å²) in [5.41, 5.74) is 1.00. The highest BCUT2D eigenvalue weighted by molar-refractivity contribution is 7.93. The molecule has 1 aliphatic rings. The summed E-state index contributed by atoms with van der Waals surface area (Å²) >= 11 is 5.87. The molecule has 0 amide bonds. The minimum atomic E-state index is -4.03. The van der Waals surface area contributed by atoms with E-state index in [1.165, 1.54) is 12.1 Å². The van der Waals surface area contributed by atoms with Gasteiger partial charge in [-0.3, -0.25) is 4.31 Å². The number of nitrogens with zero attached hydrogens (tertiary/aromatic N) is 1. The molecular weight excluding hydrogens is 320 g/mol. The number of hydrogen-bond acceptors (Lipinski definition) is 2. The molecule has 0 radical (unpaired) electrons. The lowest BCUT2D eigenvalue weighted by Crippen LogP contribution is -2.29. The van der Waals surface area contributed by atoms with Crippen molar-refractivity contribution >= 4 is 27.3 Å². The summed E-state index contributed by atoms with van der Waals surface area (Å²) < 4.78 is 53.0. The predicted octanol–water partition coefficient (Wildman–Crippen LogP) is 3.37. The van der Waals surface area contributed by atoms with E-state index in [4.69, 9.17) is 11.6 Å². The second-order valence-electron chi connectivity index (χ2n) is 4.67. The highest BCUT2D eigenvalue weighted by Gasteiger charge is 2.32. The molecular formula is C14H10ClF2NO2S. The minimum Gasteiger partial charge on any atom is -0.266 e. The molecule has 2 aromatic rings. The fraction of sp³-hybridized carbons (Fsp3) is 0.143. The largest absolute Gasteiger partial charge is 0.266 e. The first-order valence-electron chi connectivity index (χ1n) is 6.16. The highest BCUT2D eigenvalue weighted by atomic mass is 35.5. The van der Waals surface area contributed by atoms with Crippen LogP contribution in [0.4, 0.5) is 14.5 Å². The van der Waals surface area contributed by atoms with Gasteiger partial charge in [-0.15, -0.1) is 0 Å². The highest BCUT2D eigenvalue weighted by Crippen LogP contribution is 2.35. The summed E-state index contributed by atoms with van der Waals surface area (Å²) in [6.07, 6.45) is 0.474. The van der Waals surface area contributed by atoms with Gasteiger partial charge in [-0.2, -0.15) is 0 Å². The van der Waals surface area contributed by atoms with Crippen molar-refractivity contribution in [3.8, 4) is 0 Å². The van der Waals surface area contributed by atoms with Crippen LogP contribution in [0.2, 0.25) is 5.02 Å². The van der Waals surface area contributed by atoms with Gasteiger partial charge in [-0.05, 0) is 42.3 Å². The van der Waals surface area contributed by atoms with Gasteiger partial charge in [0, 0.05) is 6.54 Å². The zero-order valence-corrected chi connectivity index (χ0v) is 12.3. The number of benzene rings is 2. The van der Waals surface area contributed by atoms with Crippen LogP contribution in [0.15, 0.2) is 41.3 Å². The van der Waals surface area contributed by atoms with Crippen molar-refractivity contribution in [3.63, 3.8) is 0 Å². The number of hydrogen-bond donors (Lipinski definition) is 0. The predicted molar refractivity (Wildman–Crippen MR) is 76.0 cm³/mol. The molecule has 0 saturated heterocycles. The van der Waals surface area contributed by atoms with Crippen LogP contribution in [0.1, 0.15) is 5.56 Å². The first kappa shape index (κ1) is 14.3. The van der Waals surface area contributed by atoms with E-state index >= 15 is 0 Å². The Morgan fingerprint density at radius 2 is 1.71 bits per heavy atom. The maximum absolute atomic E-state index is 13.4. The Bertz CT molecular complexity index is 824. The molecule has 0 aromatic heterocycles. The van der Waals surface area contributed by atoms with E-state index in [-0.39, 0.29) is 22.2 Å². The number of halogens is 3. The smallest absolute Gasteiger partial charge is 0.265 e. The summed E-state index contributed by atoms with van der Waals surface area (Å²) in [6.45, 7) is 0.175. The van der Waals surface area contributed by atoms with E-state index in [0.717, 1.165) is 28.1 Å². The Morgan fingerprint density at radius 3 is 2.48 bits per heavy atom. The molecule has 0 bridgehead atoms. The molecule has 110 valence electrons. The SMILES string of the molecule is O=S(=O)(c1cc(F)ccc1Cl)N1CCc2ccc(F)cc21. The van der Waals surface area contributed by atoms with E-state index < -0.39 is 21.7 Å². The summed E-state index contributed by atoms with van der Waals surface area (Å²) in [5.74, 6) is -1.22. The lowest BCUT2D eigenvalue weighted by Gasteiger charge is -2.20. The first-order valence-corrected chi connectivity index (χ1v) is 7.97. The number of fused-ring (bicyclic) bond motifs is 1. The van der Waals surface area contributed by atoms with E-state index in [0.29, 0.717) is 6.42 Å². The third kappa shape index (κ3) is 2.38. The molecule has 3 rings (SSSR count). The molecule has 1 heterocycles. The van der Waals surface area contributed by atoms with Crippen molar-refractivity contribution in [3.05, 3.63) is 58.6 Å². The van der Waals surface area contributed by atoms with E-state index in [2.05, 4.69) is 0 Å². The Balaban J connectivity index is 2.13. The second-order valence-corrected chi connectivity index (χ2v) is 6.91. The van der Waals surface area contributed by atoms with Crippen LogP contribution in [0.25, 0.3) is 0 Å². The van der Waals surface area contributed by atoms with Crippen molar-refractivity contribution in [2.45, 2.75) is 11.3 Å². The average molecular weight is 330 g/mol. The molecule has 0 saturated carbocycles. The molecule has 0 fully saturated rings. The summed E-state index contributed by atoms with van der Waals surface area (Å²) in [6, 6.07) is 7.13. The second kappa shape index (κ2) is 4.96. The van der Waals surface area contributed by atoms with E-state index in [1.54, 1.807) is 6.07 Å². The van der Waals surface area contributed by atoms with Crippen LogP contribution in [0.3, 0.4) is 0 Å². The van der Waals surface area contributed by atoms with Crippen LogP contribution in [-0.4, -0.2) is 15.0 Å². The number of sulfonamides is 1. The van der Waals surface area contributed by atoms with Crippen LogP contribution >= 0.6 is 11.6 Å². The fourth-order valence-corrected chi connectivity index (χ4v) is 4.35. The van der Waals surface area contributed by atoms with Crippen LogP contribution in [0, 0.1) is 11.6 Å². The monoisotopic (exact) mass is 329 g/mol. The Labute approximate surface area is 125 Å². The van der Waals surface area contributed by atoms with Crippen LogP contribution in [-0.2, 0) is 16.4 Å². The van der Waals surface area contributed by atoms with Gasteiger partial charge < -0.3 is 0 Å². The van der Waals surface area contributed by atoms with Gasteiger partial charge in [0.15, 0.2) is 0 Å².